The molecule has 2 N–H and O–H groups in total. The SMILES string of the molecule is C[C@H](Sc1nnc(-c2ccc(O)cc2)n1C)C(=O)Nc1ccc([N+](=O)[O-])cc1. The van der Waals surface area contributed by atoms with Crippen LogP contribution in [0.1, 0.15) is 6.92 Å². The zero-order chi connectivity index (χ0) is 20.3. The van der Waals surface area contributed by atoms with Gasteiger partial charge in [0.2, 0.25) is 5.91 Å². The van der Waals surface area contributed by atoms with Crippen LogP contribution in [-0.4, -0.2) is 36.0 Å². The lowest BCUT2D eigenvalue weighted by Gasteiger charge is -2.11. The lowest BCUT2D eigenvalue weighted by molar-refractivity contribution is -0.384. The number of phenols is 1. The number of carbonyl (C=O) groups is 1. The van der Waals surface area contributed by atoms with Crippen LogP contribution in [0.4, 0.5) is 11.4 Å². The number of benzene rings is 2. The number of anilines is 1. The Bertz CT molecular complexity index is 1000. The lowest BCUT2D eigenvalue weighted by Crippen LogP contribution is -2.22. The van der Waals surface area contributed by atoms with Gasteiger partial charge in [-0.15, -0.1) is 10.2 Å². The summed E-state index contributed by atoms with van der Waals surface area (Å²) in [7, 11) is 1.80. The van der Waals surface area contributed by atoms with E-state index in [2.05, 4.69) is 15.5 Å². The van der Waals surface area contributed by atoms with Crippen molar-refractivity contribution in [2.75, 3.05) is 5.32 Å². The number of aromatic hydroxyl groups is 1. The van der Waals surface area contributed by atoms with Crippen LogP contribution in [0, 0.1) is 10.1 Å². The summed E-state index contributed by atoms with van der Waals surface area (Å²) in [5.74, 6) is 0.524. The number of nitrogens with zero attached hydrogens (tertiary/aromatic N) is 4. The van der Waals surface area contributed by atoms with E-state index in [0.29, 0.717) is 16.7 Å². The maximum atomic E-state index is 12.4. The number of aromatic nitrogens is 3. The summed E-state index contributed by atoms with van der Waals surface area (Å²) in [5, 5.41) is 31.2. The van der Waals surface area contributed by atoms with Gasteiger partial charge in [0.15, 0.2) is 11.0 Å². The van der Waals surface area contributed by atoms with Gasteiger partial charge in [-0.2, -0.15) is 0 Å². The zero-order valence-corrected chi connectivity index (χ0v) is 15.9. The van der Waals surface area contributed by atoms with Crippen LogP contribution in [0.25, 0.3) is 11.4 Å². The van der Waals surface area contributed by atoms with Gasteiger partial charge in [-0.25, -0.2) is 0 Å². The molecule has 0 aliphatic heterocycles. The third-order valence-corrected chi connectivity index (χ3v) is 5.09. The lowest BCUT2D eigenvalue weighted by atomic mass is 10.2. The fourth-order valence-corrected chi connectivity index (χ4v) is 3.22. The van der Waals surface area contributed by atoms with Gasteiger partial charge in [0.05, 0.1) is 10.2 Å². The largest absolute Gasteiger partial charge is 0.508 e. The molecule has 0 unspecified atom stereocenters. The smallest absolute Gasteiger partial charge is 0.269 e. The van der Waals surface area contributed by atoms with E-state index in [1.165, 1.54) is 36.0 Å². The molecule has 1 heterocycles. The van der Waals surface area contributed by atoms with Gasteiger partial charge in [0.1, 0.15) is 5.75 Å². The van der Waals surface area contributed by atoms with Crippen LogP contribution < -0.4 is 5.32 Å². The predicted molar refractivity (Wildman–Crippen MR) is 105 cm³/mol. The van der Waals surface area contributed by atoms with Crippen molar-refractivity contribution in [2.24, 2.45) is 7.05 Å². The highest BCUT2D eigenvalue weighted by Crippen LogP contribution is 2.27. The van der Waals surface area contributed by atoms with Crippen LogP contribution in [0.2, 0.25) is 0 Å². The second-order valence-electron chi connectivity index (χ2n) is 5.97. The number of phenolic OH excluding ortho intramolecular Hbond substituents is 1. The Balaban J connectivity index is 1.67. The van der Waals surface area contributed by atoms with E-state index in [1.807, 2.05) is 0 Å². The second kappa shape index (κ2) is 8.09. The number of non-ortho nitro benzene ring substituents is 1. The number of rotatable bonds is 6. The van der Waals surface area contributed by atoms with Crippen molar-refractivity contribution < 1.29 is 14.8 Å². The van der Waals surface area contributed by atoms with Crippen LogP contribution in [-0.2, 0) is 11.8 Å². The van der Waals surface area contributed by atoms with Gasteiger partial charge >= 0.3 is 0 Å². The van der Waals surface area contributed by atoms with Crippen LogP contribution in [0.15, 0.2) is 53.7 Å². The first-order chi connectivity index (χ1) is 13.3. The molecule has 10 heteroatoms. The molecule has 0 saturated heterocycles. The molecule has 0 radical (unpaired) electrons. The number of thioether (sulfide) groups is 1. The molecule has 3 aromatic rings. The van der Waals surface area contributed by atoms with E-state index in [4.69, 9.17) is 0 Å². The Kier molecular flexibility index (Phi) is 5.59. The molecule has 0 aliphatic rings. The molecule has 3 rings (SSSR count). The van der Waals surface area contributed by atoms with Crippen molar-refractivity contribution >= 4 is 29.0 Å². The maximum Gasteiger partial charge on any atom is 0.269 e. The van der Waals surface area contributed by atoms with Crippen molar-refractivity contribution in [3.63, 3.8) is 0 Å². The first-order valence-electron chi connectivity index (χ1n) is 8.26. The minimum atomic E-state index is -0.496. The van der Waals surface area contributed by atoms with Gasteiger partial charge in [-0.3, -0.25) is 14.9 Å². The molecule has 28 heavy (non-hydrogen) atoms. The molecule has 1 atom stereocenters. The molecular weight excluding hydrogens is 382 g/mol. The summed E-state index contributed by atoms with van der Waals surface area (Å²) in [5.41, 5.74) is 1.23. The predicted octanol–water partition coefficient (Wildman–Crippen LogP) is 3.22. The monoisotopic (exact) mass is 399 g/mol. The number of nitro groups is 1. The van der Waals surface area contributed by atoms with E-state index in [9.17, 15) is 20.0 Å². The highest BCUT2D eigenvalue weighted by Gasteiger charge is 2.20. The minimum Gasteiger partial charge on any atom is -0.508 e. The van der Waals surface area contributed by atoms with Gasteiger partial charge in [0.25, 0.3) is 5.69 Å². The Hall–Kier alpha value is -3.40. The van der Waals surface area contributed by atoms with E-state index in [-0.39, 0.29) is 17.3 Å². The first kappa shape index (κ1) is 19.4. The van der Waals surface area contributed by atoms with Crippen molar-refractivity contribution in [2.45, 2.75) is 17.3 Å². The normalized spacial score (nSPS) is 11.8. The topological polar surface area (TPSA) is 123 Å². The van der Waals surface area contributed by atoms with Gasteiger partial charge in [0, 0.05) is 30.4 Å². The molecule has 1 aromatic heterocycles. The summed E-state index contributed by atoms with van der Waals surface area (Å²) < 4.78 is 1.77. The average molecular weight is 399 g/mol. The summed E-state index contributed by atoms with van der Waals surface area (Å²) >= 11 is 1.24. The number of nitro benzene ring substituents is 1. The van der Waals surface area contributed by atoms with Crippen molar-refractivity contribution in [3.8, 4) is 17.1 Å². The fourth-order valence-electron chi connectivity index (χ4n) is 2.40. The van der Waals surface area contributed by atoms with Crippen LogP contribution >= 0.6 is 11.8 Å². The summed E-state index contributed by atoms with van der Waals surface area (Å²) in [6.45, 7) is 1.74. The third kappa shape index (κ3) is 4.29. The molecule has 1 amide bonds. The minimum absolute atomic E-state index is 0.0405. The third-order valence-electron chi connectivity index (χ3n) is 3.96. The Labute approximate surface area is 164 Å². The molecule has 0 bridgehead atoms. The highest BCUT2D eigenvalue weighted by atomic mass is 32.2. The van der Waals surface area contributed by atoms with E-state index >= 15 is 0 Å². The molecule has 2 aromatic carbocycles. The maximum absolute atomic E-state index is 12.4. The van der Waals surface area contributed by atoms with E-state index in [0.717, 1.165) is 5.56 Å². The Morgan fingerprint density at radius 2 is 1.82 bits per heavy atom. The van der Waals surface area contributed by atoms with E-state index < -0.39 is 10.2 Å². The van der Waals surface area contributed by atoms with Crippen LogP contribution in [0.3, 0.4) is 0 Å². The van der Waals surface area contributed by atoms with Gasteiger partial charge in [-0.1, -0.05) is 11.8 Å². The number of nitrogens with one attached hydrogen (secondary N) is 1. The Morgan fingerprint density at radius 1 is 1.18 bits per heavy atom. The molecule has 0 spiro atoms. The van der Waals surface area contributed by atoms with Crippen molar-refractivity contribution in [1.82, 2.24) is 14.8 Å². The zero-order valence-electron chi connectivity index (χ0n) is 15.1. The molecule has 0 fully saturated rings. The summed E-state index contributed by atoms with van der Waals surface area (Å²) in [4.78, 5) is 22.6. The van der Waals surface area contributed by atoms with Gasteiger partial charge < -0.3 is 15.0 Å². The summed E-state index contributed by atoms with van der Waals surface area (Å²) in [6, 6.07) is 12.2. The first-order valence-corrected chi connectivity index (χ1v) is 9.14. The molecule has 0 aliphatic carbocycles. The number of carbonyl (C=O) groups excluding carboxylic acids is 1. The van der Waals surface area contributed by atoms with E-state index in [1.54, 1.807) is 42.8 Å². The highest BCUT2D eigenvalue weighted by molar-refractivity contribution is 8.00. The average Bonchev–Trinajstić information content (AvgIpc) is 3.03. The molecular formula is C18H17N5O4S. The second-order valence-corrected chi connectivity index (χ2v) is 7.27. The number of amides is 1. The van der Waals surface area contributed by atoms with Crippen LogP contribution in [0.5, 0.6) is 5.75 Å². The molecule has 0 saturated carbocycles. The molecule has 144 valence electrons. The van der Waals surface area contributed by atoms with Crippen molar-refractivity contribution in [3.05, 3.63) is 58.6 Å². The van der Waals surface area contributed by atoms with Crippen molar-refractivity contribution in [1.29, 1.82) is 0 Å². The molecule has 9 nitrogen and oxygen atoms in total. The number of hydrogen-bond donors (Lipinski definition) is 2. The standard InChI is InChI=1S/C18H17N5O4S/c1-11(17(25)19-13-5-7-14(8-6-13)23(26)27)28-18-21-20-16(22(18)2)12-3-9-15(24)10-4-12/h3-11,24H,1-2H3,(H,19,25)/t11-/m0/s1. The fraction of sp³-hybridized carbons (Fsp3) is 0.167. The number of hydrogen-bond acceptors (Lipinski definition) is 7. The summed E-state index contributed by atoms with van der Waals surface area (Å²) in [6.07, 6.45) is 0. The Morgan fingerprint density at radius 3 is 2.43 bits per heavy atom. The van der Waals surface area contributed by atoms with Gasteiger partial charge in [-0.05, 0) is 43.3 Å². The quantitative estimate of drug-likeness (QED) is 0.370.